The first-order chi connectivity index (χ1) is 4.33. The molecule has 17 heavy (non-hydrogen) atoms. The molecule has 0 unspecified atom stereocenters. The maximum Gasteiger partial charge on any atom is 4.00 e. The van der Waals surface area contributed by atoms with Gasteiger partial charge in [0.15, 0.2) is 0 Å². The van der Waals surface area contributed by atoms with Crippen LogP contribution in [0.4, 0.5) is 0 Å². The molecule has 0 heterocycles. The Labute approximate surface area is 148 Å². The summed E-state index contributed by atoms with van der Waals surface area (Å²) in [5.74, 6) is 0. The smallest absolute Gasteiger partial charge is 2.00 e. The van der Waals surface area contributed by atoms with Gasteiger partial charge in [0, 0.05) is 13.2 Å². The van der Waals surface area contributed by atoms with Crippen LogP contribution in [0.1, 0.15) is 33.1 Å². The summed E-state index contributed by atoms with van der Waals surface area (Å²) in [6.07, 6.45) is 2.91. The van der Waals surface area contributed by atoms with Gasteiger partial charge in [-0.25, -0.2) is 0 Å². The van der Waals surface area contributed by atoms with Crippen LogP contribution in [0, 0.1) is 0 Å². The van der Waals surface area contributed by atoms with Gasteiger partial charge in [-0.3, -0.25) is 0 Å². The summed E-state index contributed by atoms with van der Waals surface area (Å²) >= 11 is 0. The number of unbranched alkanes of at least 4 members (excludes halogenated alkanes) is 1. The average Bonchev–Trinajstić information content (AvgIpc) is 1.91. The van der Waals surface area contributed by atoms with E-state index in [1.165, 1.54) is 0 Å². The van der Waals surface area contributed by atoms with E-state index in [0.29, 0.717) is 13.2 Å². The van der Waals surface area contributed by atoms with Crippen LogP contribution in [-0.4, -0.2) is 23.4 Å². The molecule has 0 aliphatic rings. The van der Waals surface area contributed by atoms with Crippen LogP contribution in [0.2, 0.25) is 0 Å². The monoisotopic (exact) mass is 358 g/mol. The van der Waals surface area contributed by atoms with Gasteiger partial charge in [0.05, 0.1) is 0 Å². The van der Waals surface area contributed by atoms with Crippen LogP contribution < -0.4 is 0 Å². The SMILES string of the molecule is CCCCO.CCCO.[O-2].[O-2].[O-2].[O-2].[O-2].[Ti+3].[Ti+3].[Ti+4]. The molecule has 2 radical (unpaired) electrons. The van der Waals surface area contributed by atoms with Crippen molar-refractivity contribution in [3.63, 3.8) is 0 Å². The maximum absolute atomic E-state index is 8.07. The van der Waals surface area contributed by atoms with E-state index < -0.39 is 0 Å². The zero-order chi connectivity index (χ0) is 7.54. The Bertz CT molecular complexity index is 44.6. The molecule has 0 bridgehead atoms. The number of hydrogen-bond donors (Lipinski definition) is 2. The van der Waals surface area contributed by atoms with Crippen molar-refractivity contribution in [2.75, 3.05) is 13.2 Å². The normalized spacial score (nSPS) is 4.24. The molecule has 2 N–H and O–H groups in total. The van der Waals surface area contributed by atoms with Crippen molar-refractivity contribution in [3.8, 4) is 0 Å². The van der Waals surface area contributed by atoms with Crippen LogP contribution in [-0.2, 0) is 92.5 Å². The van der Waals surface area contributed by atoms with Crippen molar-refractivity contribution in [1.82, 2.24) is 0 Å². The van der Waals surface area contributed by atoms with Crippen LogP contribution in [0.5, 0.6) is 0 Å². The minimum atomic E-state index is 0. The first-order valence-corrected chi connectivity index (χ1v) is 3.55. The maximum atomic E-state index is 8.07. The number of hydrogen-bond acceptors (Lipinski definition) is 2. The molecular weight excluding hydrogens is 340 g/mol. The van der Waals surface area contributed by atoms with Gasteiger partial charge in [0.25, 0.3) is 0 Å². The zero-order valence-corrected chi connectivity index (χ0v) is 14.7. The van der Waals surface area contributed by atoms with E-state index in [9.17, 15) is 0 Å². The first kappa shape index (κ1) is 76.6. The van der Waals surface area contributed by atoms with Crippen LogP contribution in [0.15, 0.2) is 0 Å². The Hall–Kier alpha value is 1.86. The molecule has 0 saturated heterocycles. The largest absolute Gasteiger partial charge is 4.00 e. The Balaban J connectivity index is -0.00000000494. The summed E-state index contributed by atoms with van der Waals surface area (Å²) < 4.78 is 0. The third-order valence-corrected chi connectivity index (χ3v) is 0.735. The average molecular weight is 358 g/mol. The van der Waals surface area contributed by atoms with Gasteiger partial charge in [-0.1, -0.05) is 20.3 Å². The first-order valence-electron chi connectivity index (χ1n) is 3.55. The Morgan fingerprint density at radius 3 is 0.882 bits per heavy atom. The molecule has 0 fully saturated rings. The molecule has 100 valence electrons. The molecule has 0 saturated carbocycles. The predicted octanol–water partition coefficient (Wildman–Crippen LogP) is 0.566. The summed E-state index contributed by atoms with van der Waals surface area (Å²) in [6.45, 7) is 4.65. The van der Waals surface area contributed by atoms with Crippen LogP contribution >= 0.6 is 0 Å². The van der Waals surface area contributed by atoms with Gasteiger partial charge in [0.1, 0.15) is 0 Å². The molecule has 7 nitrogen and oxygen atoms in total. The molecule has 0 amide bonds. The molecular formula is C7H18O7Ti3. The van der Waals surface area contributed by atoms with E-state index in [2.05, 4.69) is 6.92 Å². The minimum Gasteiger partial charge on any atom is -2.00 e. The Morgan fingerprint density at radius 1 is 0.647 bits per heavy atom. The third-order valence-electron chi connectivity index (χ3n) is 0.735. The van der Waals surface area contributed by atoms with Crippen molar-refractivity contribution >= 4 is 0 Å². The van der Waals surface area contributed by atoms with E-state index in [-0.39, 0.29) is 92.5 Å². The molecule has 0 rings (SSSR count). The summed E-state index contributed by atoms with van der Waals surface area (Å²) in [4.78, 5) is 0. The molecule has 0 aromatic rings. The number of aliphatic hydroxyl groups excluding tert-OH is 2. The number of aliphatic hydroxyl groups is 2. The molecule has 0 aromatic carbocycles. The van der Waals surface area contributed by atoms with Gasteiger partial charge in [-0.05, 0) is 12.8 Å². The molecule has 0 atom stereocenters. The van der Waals surface area contributed by atoms with Crippen molar-refractivity contribution in [3.05, 3.63) is 0 Å². The molecule has 0 aliphatic heterocycles. The fourth-order valence-corrected chi connectivity index (χ4v) is 0.158. The summed E-state index contributed by atoms with van der Waals surface area (Å²) in [6, 6.07) is 0. The van der Waals surface area contributed by atoms with Gasteiger partial charge in [-0.15, -0.1) is 0 Å². The predicted molar refractivity (Wildman–Crippen MR) is 42.8 cm³/mol. The van der Waals surface area contributed by atoms with E-state index in [0.717, 1.165) is 19.3 Å². The van der Waals surface area contributed by atoms with Crippen molar-refractivity contribution in [2.24, 2.45) is 0 Å². The molecule has 0 aromatic heterocycles. The summed E-state index contributed by atoms with van der Waals surface area (Å²) in [5, 5.41) is 15.9. The molecule has 0 aliphatic carbocycles. The summed E-state index contributed by atoms with van der Waals surface area (Å²) in [5.41, 5.74) is 0. The van der Waals surface area contributed by atoms with E-state index >= 15 is 0 Å². The summed E-state index contributed by atoms with van der Waals surface area (Å²) in [7, 11) is 0. The standard InChI is InChI=1S/C4H10O.C3H8O.5O.3Ti/c1-2-3-4-5;1-2-3-4;;;;;;;;/h5H,2-4H2,1H3;4H,2-3H2,1H3;;;;;;;;/q;;5*-2;2*+3;+4. The Kier molecular flexibility index (Phi) is 486. The quantitative estimate of drug-likeness (QED) is 0.700. The topological polar surface area (TPSA) is 183 Å². The molecule has 0 spiro atoms. The van der Waals surface area contributed by atoms with Crippen LogP contribution in [0.3, 0.4) is 0 Å². The van der Waals surface area contributed by atoms with E-state index in [1.54, 1.807) is 0 Å². The van der Waals surface area contributed by atoms with E-state index in [1.807, 2.05) is 6.92 Å². The van der Waals surface area contributed by atoms with Crippen molar-refractivity contribution in [1.29, 1.82) is 0 Å². The molecule has 10 heteroatoms. The third kappa shape index (κ3) is 190. The van der Waals surface area contributed by atoms with E-state index in [4.69, 9.17) is 10.2 Å². The van der Waals surface area contributed by atoms with Crippen molar-refractivity contribution < 1.29 is 103 Å². The second-order valence-corrected chi connectivity index (χ2v) is 1.80. The fourth-order valence-electron chi connectivity index (χ4n) is 0.158. The van der Waals surface area contributed by atoms with Gasteiger partial charge < -0.3 is 37.6 Å². The zero-order valence-electron chi connectivity index (χ0n) is 9.97. The Morgan fingerprint density at radius 2 is 0.882 bits per heavy atom. The van der Waals surface area contributed by atoms with Crippen LogP contribution in [0.25, 0.3) is 0 Å². The minimum absolute atomic E-state index is 0. The second-order valence-electron chi connectivity index (χ2n) is 1.80. The van der Waals surface area contributed by atoms with Gasteiger partial charge in [0.2, 0.25) is 0 Å². The fraction of sp³-hybridized carbons (Fsp3) is 1.00. The number of rotatable bonds is 3. The second kappa shape index (κ2) is 108. The van der Waals surface area contributed by atoms with Gasteiger partial charge in [-0.2, -0.15) is 0 Å². The van der Waals surface area contributed by atoms with Gasteiger partial charge >= 0.3 is 65.2 Å². The van der Waals surface area contributed by atoms with Crippen molar-refractivity contribution in [2.45, 2.75) is 33.1 Å².